The van der Waals surface area contributed by atoms with Gasteiger partial charge < -0.3 is 4.90 Å². The van der Waals surface area contributed by atoms with E-state index in [0.717, 1.165) is 6.42 Å². The number of hydrogen-bond acceptors (Lipinski definition) is 3. The van der Waals surface area contributed by atoms with Gasteiger partial charge in [-0.2, -0.15) is 0 Å². The molecule has 104 valence electrons. The summed E-state index contributed by atoms with van der Waals surface area (Å²) in [5, 5.41) is 0. The van der Waals surface area contributed by atoms with Crippen LogP contribution >= 0.6 is 11.3 Å². The second kappa shape index (κ2) is 5.37. The van der Waals surface area contributed by atoms with Gasteiger partial charge in [-0.25, -0.2) is 0 Å². The summed E-state index contributed by atoms with van der Waals surface area (Å²) in [6.07, 6.45) is 4.60. The Labute approximate surface area is 123 Å². The Morgan fingerprint density at radius 3 is 2.95 bits per heavy atom. The fourth-order valence-corrected chi connectivity index (χ4v) is 3.54. The molecule has 0 bridgehead atoms. The zero-order valence-electron chi connectivity index (χ0n) is 11.7. The molecular weight excluding hydrogens is 268 g/mol. The molecule has 0 aromatic carbocycles. The molecule has 1 fully saturated rings. The number of carbonyl (C=O) groups is 1. The van der Waals surface area contributed by atoms with Crippen molar-refractivity contribution in [2.45, 2.75) is 25.8 Å². The highest BCUT2D eigenvalue weighted by Gasteiger charge is 2.45. The van der Waals surface area contributed by atoms with Gasteiger partial charge >= 0.3 is 0 Å². The van der Waals surface area contributed by atoms with Crippen LogP contribution in [0.5, 0.6) is 0 Å². The van der Waals surface area contributed by atoms with E-state index in [0.29, 0.717) is 12.5 Å². The molecule has 20 heavy (non-hydrogen) atoms. The highest BCUT2D eigenvalue weighted by atomic mass is 32.1. The summed E-state index contributed by atoms with van der Waals surface area (Å²) < 4.78 is 0. The number of rotatable bonds is 4. The fraction of sp³-hybridized carbons (Fsp3) is 0.375. The lowest BCUT2D eigenvalue weighted by molar-refractivity contribution is -0.131. The van der Waals surface area contributed by atoms with Gasteiger partial charge in [-0.05, 0) is 43.0 Å². The molecule has 1 amide bonds. The summed E-state index contributed by atoms with van der Waals surface area (Å²) >= 11 is 1.76. The molecule has 2 aromatic heterocycles. The number of pyridine rings is 1. The first-order valence-electron chi connectivity index (χ1n) is 6.85. The Morgan fingerprint density at radius 1 is 1.45 bits per heavy atom. The Balaban J connectivity index is 1.60. The molecule has 1 aliphatic rings. The van der Waals surface area contributed by atoms with Crippen LogP contribution in [-0.4, -0.2) is 22.8 Å². The predicted molar refractivity (Wildman–Crippen MR) is 80.6 cm³/mol. The van der Waals surface area contributed by atoms with Crippen molar-refractivity contribution in [3.8, 4) is 0 Å². The number of thiophene rings is 1. The third-order valence-corrected chi connectivity index (χ3v) is 4.77. The van der Waals surface area contributed by atoms with Crippen LogP contribution in [0.2, 0.25) is 0 Å². The molecule has 0 saturated heterocycles. The average Bonchev–Trinajstić information content (AvgIpc) is 3.16. The molecular formula is C16H18N2OS. The van der Waals surface area contributed by atoms with E-state index in [1.165, 1.54) is 15.3 Å². The van der Waals surface area contributed by atoms with Gasteiger partial charge in [-0.1, -0.05) is 6.07 Å². The highest BCUT2D eigenvalue weighted by molar-refractivity contribution is 7.11. The molecule has 2 atom stereocenters. The van der Waals surface area contributed by atoms with Crippen molar-refractivity contribution in [2.24, 2.45) is 5.92 Å². The number of carbonyl (C=O) groups excluding carboxylic acids is 1. The van der Waals surface area contributed by atoms with Crippen LogP contribution in [0.3, 0.4) is 0 Å². The van der Waals surface area contributed by atoms with Gasteiger partial charge in [0.2, 0.25) is 5.91 Å². The summed E-state index contributed by atoms with van der Waals surface area (Å²) in [6, 6.07) is 8.21. The zero-order valence-corrected chi connectivity index (χ0v) is 12.6. The molecule has 3 nitrogen and oxygen atoms in total. The van der Waals surface area contributed by atoms with Crippen LogP contribution in [0.25, 0.3) is 0 Å². The van der Waals surface area contributed by atoms with E-state index >= 15 is 0 Å². The number of amides is 1. The first-order valence-corrected chi connectivity index (χ1v) is 7.67. The molecule has 3 rings (SSSR count). The van der Waals surface area contributed by atoms with E-state index in [-0.39, 0.29) is 11.8 Å². The SMILES string of the molecule is Cc1ccc(CN(C)C(=O)C2CC2c2cccnc2)s1. The van der Waals surface area contributed by atoms with Crippen molar-refractivity contribution in [3.63, 3.8) is 0 Å². The zero-order chi connectivity index (χ0) is 14.1. The van der Waals surface area contributed by atoms with Gasteiger partial charge in [0, 0.05) is 35.1 Å². The Morgan fingerprint density at radius 2 is 2.30 bits per heavy atom. The molecule has 0 spiro atoms. The standard InChI is InChI=1S/C16H18N2OS/c1-11-5-6-13(20-11)10-18(2)16(19)15-8-14(15)12-4-3-7-17-9-12/h3-7,9,14-15H,8,10H2,1-2H3. The van der Waals surface area contributed by atoms with Crippen LogP contribution in [0.15, 0.2) is 36.7 Å². The van der Waals surface area contributed by atoms with Gasteiger partial charge in [0.05, 0.1) is 6.54 Å². The van der Waals surface area contributed by atoms with Crippen LogP contribution in [0, 0.1) is 12.8 Å². The summed E-state index contributed by atoms with van der Waals surface area (Å²) in [5.41, 5.74) is 1.19. The Hall–Kier alpha value is -1.68. The topological polar surface area (TPSA) is 33.2 Å². The lowest BCUT2D eigenvalue weighted by atomic mass is 10.1. The minimum absolute atomic E-state index is 0.144. The molecule has 0 radical (unpaired) electrons. The van der Waals surface area contributed by atoms with Crippen molar-refractivity contribution in [1.29, 1.82) is 0 Å². The number of nitrogens with zero attached hydrogens (tertiary/aromatic N) is 2. The Kier molecular flexibility index (Phi) is 3.57. The van der Waals surface area contributed by atoms with Crippen molar-refractivity contribution < 1.29 is 4.79 Å². The van der Waals surface area contributed by atoms with Crippen molar-refractivity contribution in [2.75, 3.05) is 7.05 Å². The summed E-state index contributed by atoms with van der Waals surface area (Å²) in [6.45, 7) is 2.81. The maximum atomic E-state index is 12.4. The van der Waals surface area contributed by atoms with Crippen molar-refractivity contribution in [3.05, 3.63) is 52.0 Å². The average molecular weight is 286 g/mol. The normalized spacial score (nSPS) is 20.7. The summed E-state index contributed by atoms with van der Waals surface area (Å²) in [5.74, 6) is 0.763. The molecule has 2 unspecified atom stereocenters. The Bertz CT molecular complexity index is 608. The second-order valence-corrected chi connectivity index (χ2v) is 6.81. The van der Waals surface area contributed by atoms with Crippen LogP contribution in [-0.2, 0) is 11.3 Å². The van der Waals surface area contributed by atoms with E-state index in [1.807, 2.05) is 24.2 Å². The molecule has 1 saturated carbocycles. The lowest BCUT2D eigenvalue weighted by Crippen LogP contribution is -2.27. The molecule has 1 aliphatic carbocycles. The van der Waals surface area contributed by atoms with Gasteiger partial charge in [-0.3, -0.25) is 9.78 Å². The van der Waals surface area contributed by atoms with Crippen LogP contribution in [0.1, 0.15) is 27.7 Å². The van der Waals surface area contributed by atoms with E-state index in [4.69, 9.17) is 0 Å². The van der Waals surface area contributed by atoms with E-state index in [1.54, 1.807) is 17.5 Å². The predicted octanol–water partition coefficient (Wildman–Crippen LogP) is 3.21. The second-order valence-electron chi connectivity index (χ2n) is 5.44. The van der Waals surface area contributed by atoms with E-state index < -0.39 is 0 Å². The summed E-state index contributed by atoms with van der Waals surface area (Å²) in [4.78, 5) is 20.9. The summed E-state index contributed by atoms with van der Waals surface area (Å²) in [7, 11) is 1.90. The smallest absolute Gasteiger partial charge is 0.226 e. The van der Waals surface area contributed by atoms with Gasteiger partial charge in [0.1, 0.15) is 0 Å². The lowest BCUT2D eigenvalue weighted by Gasteiger charge is -2.16. The molecule has 2 heterocycles. The van der Waals surface area contributed by atoms with Crippen LogP contribution < -0.4 is 0 Å². The minimum atomic E-state index is 0.144. The maximum absolute atomic E-state index is 12.4. The number of aryl methyl sites for hydroxylation is 1. The van der Waals surface area contributed by atoms with Crippen molar-refractivity contribution in [1.82, 2.24) is 9.88 Å². The van der Waals surface area contributed by atoms with Gasteiger partial charge in [0.25, 0.3) is 0 Å². The minimum Gasteiger partial charge on any atom is -0.340 e. The number of aromatic nitrogens is 1. The molecule has 2 aromatic rings. The molecule has 0 aliphatic heterocycles. The number of hydrogen-bond donors (Lipinski definition) is 0. The first-order chi connectivity index (χ1) is 9.65. The van der Waals surface area contributed by atoms with Crippen molar-refractivity contribution >= 4 is 17.2 Å². The third-order valence-electron chi connectivity index (χ3n) is 3.79. The molecule has 4 heteroatoms. The van der Waals surface area contributed by atoms with Gasteiger partial charge in [0.15, 0.2) is 0 Å². The van der Waals surface area contributed by atoms with E-state index in [9.17, 15) is 4.79 Å². The quantitative estimate of drug-likeness (QED) is 0.864. The van der Waals surface area contributed by atoms with Crippen LogP contribution in [0.4, 0.5) is 0 Å². The first kappa shape index (κ1) is 13.3. The van der Waals surface area contributed by atoms with E-state index in [2.05, 4.69) is 30.1 Å². The largest absolute Gasteiger partial charge is 0.340 e. The molecule has 0 N–H and O–H groups in total. The van der Waals surface area contributed by atoms with Gasteiger partial charge in [-0.15, -0.1) is 11.3 Å². The maximum Gasteiger partial charge on any atom is 0.226 e. The third kappa shape index (κ3) is 2.75. The fourth-order valence-electron chi connectivity index (χ4n) is 2.60. The monoisotopic (exact) mass is 286 g/mol. The highest BCUT2D eigenvalue weighted by Crippen LogP contribution is 2.48.